The number of aromatic nitrogens is 7. The number of aromatic amines is 1. The molecule has 2 aliphatic carbocycles. The van der Waals surface area contributed by atoms with Crippen molar-refractivity contribution in [1.82, 2.24) is 44.6 Å². The molecule has 0 unspecified atom stereocenters. The van der Waals surface area contributed by atoms with Gasteiger partial charge in [0.05, 0.1) is 35.3 Å². The number of H-pyrrole nitrogens is 1. The van der Waals surface area contributed by atoms with E-state index >= 15 is 0 Å². The van der Waals surface area contributed by atoms with Gasteiger partial charge in [0.15, 0.2) is 11.5 Å². The number of rotatable bonds is 9. The first-order valence-corrected chi connectivity index (χ1v) is 20.0. The molecule has 15 heteroatoms. The number of hydrogen-bond acceptors (Lipinski definition) is 9. The molecule has 0 spiro atoms. The standard InChI is InChI=1S/C24H33N5O2.C17H14N6O2.2H2/c30-22-11-17-29(24(31)26-22)21-6-12-25-23-20(21)10-16-28(23)19-8-14-27(15-9-19)13-7-18-4-2-1-3-5-18;24-17(21-16-9-18-15-2-1-5-20-23(15)16)12-6-10-8-19-22-13(10)7-14(12)25-11-3-4-11;;/h6,10,12,16,18-19H,1-5,7-9,11,13-15,17H2,(H,26,30,31);1-2,5-9,11H,3-4H2,(H,19,22)(H,21,24);2*1H. The predicted molar refractivity (Wildman–Crippen MR) is 216 cm³/mol. The summed E-state index contributed by atoms with van der Waals surface area (Å²) in [6.45, 7) is 3.95. The number of nitrogens with zero attached hydrogens (tertiary/aromatic N) is 8. The quantitative estimate of drug-likeness (QED) is 0.141. The number of nitrogens with one attached hydrogen (secondary N) is 3. The van der Waals surface area contributed by atoms with Gasteiger partial charge < -0.3 is 19.5 Å². The van der Waals surface area contributed by atoms with Gasteiger partial charge in [0.25, 0.3) is 5.91 Å². The van der Waals surface area contributed by atoms with Crippen LogP contribution in [0.25, 0.3) is 27.6 Å². The minimum Gasteiger partial charge on any atom is -0.490 e. The molecule has 1 aromatic carbocycles. The second-order valence-electron chi connectivity index (χ2n) is 15.4. The third-order valence-electron chi connectivity index (χ3n) is 11.6. The van der Waals surface area contributed by atoms with Crippen molar-refractivity contribution >= 4 is 56.9 Å². The molecule has 4 amide bonds. The summed E-state index contributed by atoms with van der Waals surface area (Å²) >= 11 is 0. The lowest BCUT2D eigenvalue weighted by atomic mass is 9.87. The van der Waals surface area contributed by atoms with Gasteiger partial charge in [-0.05, 0) is 74.9 Å². The molecule has 15 nitrogen and oxygen atoms in total. The first kappa shape index (κ1) is 35.8. The van der Waals surface area contributed by atoms with Gasteiger partial charge in [-0.2, -0.15) is 14.7 Å². The fourth-order valence-electron chi connectivity index (χ4n) is 8.34. The zero-order valence-corrected chi connectivity index (χ0v) is 31.4. The lowest BCUT2D eigenvalue weighted by molar-refractivity contribution is -0.120. The lowest BCUT2D eigenvalue weighted by Crippen LogP contribution is -2.49. The predicted octanol–water partition coefficient (Wildman–Crippen LogP) is 6.98. The summed E-state index contributed by atoms with van der Waals surface area (Å²) in [6.07, 6.45) is 22.1. The second kappa shape index (κ2) is 15.7. The van der Waals surface area contributed by atoms with E-state index in [1.54, 1.807) is 46.3 Å². The summed E-state index contributed by atoms with van der Waals surface area (Å²) in [4.78, 5) is 49.9. The highest BCUT2D eigenvalue weighted by molar-refractivity contribution is 6.09. The van der Waals surface area contributed by atoms with Crippen LogP contribution in [-0.2, 0) is 4.79 Å². The molecule has 294 valence electrons. The average Bonchev–Trinajstić information content (AvgIpc) is 3.55. The van der Waals surface area contributed by atoms with Crippen LogP contribution in [0.1, 0.15) is 89.9 Å². The molecule has 2 aliphatic heterocycles. The molecule has 5 aromatic heterocycles. The number of fused-ring (bicyclic) bond motifs is 3. The van der Waals surface area contributed by atoms with Crippen molar-refractivity contribution in [1.29, 1.82) is 0 Å². The third kappa shape index (κ3) is 7.68. The van der Waals surface area contributed by atoms with E-state index in [4.69, 9.17) is 4.74 Å². The van der Waals surface area contributed by atoms with Crippen LogP contribution in [-0.4, -0.2) is 89.4 Å². The summed E-state index contributed by atoms with van der Waals surface area (Å²) < 4.78 is 9.79. The Kier molecular flexibility index (Phi) is 10.1. The van der Waals surface area contributed by atoms with Crippen molar-refractivity contribution in [3.8, 4) is 5.75 Å². The fourth-order valence-corrected chi connectivity index (χ4v) is 8.34. The molecule has 6 aromatic rings. The van der Waals surface area contributed by atoms with Gasteiger partial charge in [-0.25, -0.2) is 14.8 Å². The van der Waals surface area contributed by atoms with Crippen LogP contribution in [0, 0.1) is 5.92 Å². The zero-order valence-electron chi connectivity index (χ0n) is 31.4. The summed E-state index contributed by atoms with van der Waals surface area (Å²) in [5, 5.41) is 18.2. The van der Waals surface area contributed by atoms with Crippen molar-refractivity contribution in [3.05, 3.63) is 72.9 Å². The first-order valence-electron chi connectivity index (χ1n) is 20.0. The molecule has 0 radical (unpaired) electrons. The number of imide groups is 1. The van der Waals surface area contributed by atoms with E-state index in [0.717, 1.165) is 72.3 Å². The molecule has 0 atom stereocenters. The van der Waals surface area contributed by atoms with E-state index in [1.165, 1.54) is 45.1 Å². The van der Waals surface area contributed by atoms with E-state index in [-0.39, 0.29) is 26.8 Å². The molecule has 0 bridgehead atoms. The van der Waals surface area contributed by atoms with Crippen LogP contribution in [0.15, 0.2) is 67.4 Å². The molecular formula is C41H51N11O4. The molecule has 3 N–H and O–H groups in total. The number of benzene rings is 1. The maximum atomic E-state index is 12.9. The monoisotopic (exact) mass is 761 g/mol. The topological polar surface area (TPSA) is 168 Å². The van der Waals surface area contributed by atoms with Crippen LogP contribution in [0.5, 0.6) is 5.75 Å². The van der Waals surface area contributed by atoms with Crippen LogP contribution < -0.4 is 20.3 Å². The Bertz CT molecular complexity index is 2380. The number of piperidine rings is 1. The fraction of sp³-hybridized carbons (Fsp3) is 0.439. The largest absolute Gasteiger partial charge is 0.490 e. The Morgan fingerprint density at radius 2 is 1.80 bits per heavy atom. The number of pyridine rings is 1. The first-order chi connectivity index (χ1) is 27.5. The Labute approximate surface area is 326 Å². The molecular weight excluding hydrogens is 711 g/mol. The van der Waals surface area contributed by atoms with Crippen molar-refractivity contribution in [2.45, 2.75) is 82.8 Å². The number of imidazole rings is 1. The van der Waals surface area contributed by atoms with Gasteiger partial charge in [-0.15, -0.1) is 0 Å². The van der Waals surface area contributed by atoms with Crippen molar-refractivity contribution < 1.29 is 22.0 Å². The normalized spacial score (nSPS) is 18.6. The van der Waals surface area contributed by atoms with E-state index in [2.05, 4.69) is 57.6 Å². The third-order valence-corrected chi connectivity index (χ3v) is 11.6. The highest BCUT2D eigenvalue weighted by Crippen LogP contribution is 2.34. The molecule has 4 fully saturated rings. The smallest absolute Gasteiger partial charge is 0.328 e. The Hall–Kier alpha value is -5.83. The highest BCUT2D eigenvalue weighted by atomic mass is 16.5. The van der Waals surface area contributed by atoms with Crippen molar-refractivity contribution in [2.75, 3.05) is 36.4 Å². The molecule has 2 saturated carbocycles. The number of ether oxygens (including phenoxy) is 1. The number of amides is 4. The van der Waals surface area contributed by atoms with Gasteiger partial charge in [0.2, 0.25) is 5.91 Å². The molecule has 2 saturated heterocycles. The maximum Gasteiger partial charge on any atom is 0.328 e. The van der Waals surface area contributed by atoms with Gasteiger partial charge in [-0.1, -0.05) is 32.1 Å². The number of hydrogen-bond donors (Lipinski definition) is 3. The summed E-state index contributed by atoms with van der Waals surface area (Å²) in [5.74, 6) is 1.53. The van der Waals surface area contributed by atoms with Crippen LogP contribution in [0.4, 0.5) is 16.3 Å². The van der Waals surface area contributed by atoms with E-state index in [1.807, 2.05) is 18.2 Å². The Morgan fingerprint density at radius 1 is 0.946 bits per heavy atom. The molecule has 56 heavy (non-hydrogen) atoms. The van der Waals surface area contributed by atoms with Crippen LogP contribution >= 0.6 is 0 Å². The van der Waals surface area contributed by atoms with Gasteiger partial charge >= 0.3 is 6.03 Å². The SMILES string of the molecule is O=C(Nc1cnc2cccnn12)c1cc2cn[nH]c2cc1OC1CC1.O=C1CCN(c2ccnc3c2ccn3C2CCN(CCC3CCCCC3)CC2)C(=O)N1.[HH].[HH]. The number of urea groups is 1. The van der Waals surface area contributed by atoms with Gasteiger partial charge in [0.1, 0.15) is 11.4 Å². The summed E-state index contributed by atoms with van der Waals surface area (Å²) in [6, 6.07) is 11.3. The van der Waals surface area contributed by atoms with Gasteiger partial charge in [0, 0.05) is 70.4 Å². The highest BCUT2D eigenvalue weighted by Gasteiger charge is 2.29. The molecule has 7 heterocycles. The maximum absolute atomic E-state index is 12.9. The van der Waals surface area contributed by atoms with Gasteiger partial charge in [-0.3, -0.25) is 24.9 Å². The number of likely N-dealkylation sites (tertiary alicyclic amines) is 1. The van der Waals surface area contributed by atoms with E-state index in [9.17, 15) is 14.4 Å². The zero-order chi connectivity index (χ0) is 38.0. The second-order valence-corrected chi connectivity index (χ2v) is 15.4. The van der Waals surface area contributed by atoms with Crippen LogP contribution in [0.3, 0.4) is 0 Å². The van der Waals surface area contributed by atoms with E-state index < -0.39 is 0 Å². The summed E-state index contributed by atoms with van der Waals surface area (Å²) in [7, 11) is 0. The molecule has 10 rings (SSSR count). The van der Waals surface area contributed by atoms with Crippen molar-refractivity contribution in [3.63, 3.8) is 0 Å². The summed E-state index contributed by atoms with van der Waals surface area (Å²) in [5.41, 5.74) is 3.73. The van der Waals surface area contributed by atoms with Crippen LogP contribution in [0.2, 0.25) is 0 Å². The van der Waals surface area contributed by atoms with E-state index in [0.29, 0.717) is 41.8 Å². The minimum absolute atomic E-state index is 0. The minimum atomic E-state index is -0.345. The number of carbonyl (C=O) groups is 3. The number of anilines is 2. The average molecular weight is 762 g/mol. The lowest BCUT2D eigenvalue weighted by Gasteiger charge is -2.34. The Morgan fingerprint density at radius 3 is 2.62 bits per heavy atom. The van der Waals surface area contributed by atoms with Crippen molar-refractivity contribution in [2.24, 2.45) is 5.92 Å². The Balaban J connectivity index is 0.000000174. The molecule has 4 aliphatic rings. The number of carbonyl (C=O) groups excluding carboxylic acids is 3.